The van der Waals surface area contributed by atoms with E-state index in [0.717, 1.165) is 13.2 Å². The van der Waals surface area contributed by atoms with Crippen LogP contribution in [-0.4, -0.2) is 41.1 Å². The summed E-state index contributed by atoms with van der Waals surface area (Å²) in [6.07, 6.45) is 0. The van der Waals surface area contributed by atoms with E-state index in [9.17, 15) is 0 Å². The Morgan fingerprint density at radius 1 is 0.786 bits per heavy atom. The van der Waals surface area contributed by atoms with Crippen LogP contribution in [0.15, 0.2) is 0 Å². The Labute approximate surface area is 90.3 Å². The van der Waals surface area contributed by atoms with Gasteiger partial charge in [-0.15, -0.1) is 0 Å². The van der Waals surface area contributed by atoms with E-state index in [0.29, 0.717) is 18.1 Å². The zero-order valence-electron chi connectivity index (χ0n) is 11.0. The average molecular weight is 200 g/mol. The molecule has 2 heteroatoms. The molecule has 0 aromatic heterocycles. The van der Waals surface area contributed by atoms with E-state index in [2.05, 4.69) is 58.3 Å². The maximum Gasteiger partial charge on any atom is 0.0513 e. The molecule has 0 radical (unpaired) electrons. The lowest BCUT2D eigenvalue weighted by Gasteiger charge is -2.37. The predicted octanol–water partition coefficient (Wildman–Crippen LogP) is 2.79. The SMILES string of the molecule is CCN(CN(C(C)C)C(C)C)C(C)C. The standard InChI is InChI=1S/C12H28N2/c1-8-13(10(2)3)9-14(11(4)5)12(6)7/h10-12H,8-9H2,1-7H3. The monoisotopic (exact) mass is 200 g/mol. The summed E-state index contributed by atoms with van der Waals surface area (Å²) in [6, 6.07) is 1.89. The van der Waals surface area contributed by atoms with E-state index in [1.807, 2.05) is 0 Å². The molecule has 0 N–H and O–H groups in total. The first-order valence-electron chi connectivity index (χ1n) is 5.89. The van der Waals surface area contributed by atoms with Gasteiger partial charge in [0.15, 0.2) is 0 Å². The molecule has 0 amide bonds. The second kappa shape index (κ2) is 6.41. The van der Waals surface area contributed by atoms with E-state index >= 15 is 0 Å². The highest BCUT2D eigenvalue weighted by atomic mass is 15.3. The van der Waals surface area contributed by atoms with Crippen molar-refractivity contribution in [1.29, 1.82) is 0 Å². The third-order valence-electron chi connectivity index (χ3n) is 2.81. The molecule has 0 spiro atoms. The Hall–Kier alpha value is -0.0800. The van der Waals surface area contributed by atoms with Gasteiger partial charge in [-0.3, -0.25) is 9.80 Å². The minimum atomic E-state index is 0.628. The Morgan fingerprint density at radius 2 is 1.21 bits per heavy atom. The predicted molar refractivity (Wildman–Crippen MR) is 64.5 cm³/mol. The third-order valence-corrected chi connectivity index (χ3v) is 2.81. The Bertz CT molecular complexity index is 133. The van der Waals surface area contributed by atoms with E-state index in [1.54, 1.807) is 0 Å². The largest absolute Gasteiger partial charge is 0.288 e. The molecule has 0 atom stereocenters. The van der Waals surface area contributed by atoms with Gasteiger partial charge >= 0.3 is 0 Å². The van der Waals surface area contributed by atoms with E-state index < -0.39 is 0 Å². The normalized spacial score (nSPS) is 12.9. The van der Waals surface area contributed by atoms with Crippen LogP contribution in [0.25, 0.3) is 0 Å². The number of nitrogens with zero attached hydrogens (tertiary/aromatic N) is 2. The quantitative estimate of drug-likeness (QED) is 0.608. The molecule has 0 unspecified atom stereocenters. The average Bonchev–Trinajstić information content (AvgIpc) is 2.03. The van der Waals surface area contributed by atoms with Crippen LogP contribution >= 0.6 is 0 Å². The van der Waals surface area contributed by atoms with Crippen LogP contribution in [0.3, 0.4) is 0 Å². The second-order valence-corrected chi connectivity index (χ2v) is 4.84. The number of hydrogen-bond donors (Lipinski definition) is 0. The van der Waals surface area contributed by atoms with Gasteiger partial charge in [0.25, 0.3) is 0 Å². The molecule has 0 aliphatic heterocycles. The van der Waals surface area contributed by atoms with Crippen LogP contribution in [0.2, 0.25) is 0 Å². The van der Waals surface area contributed by atoms with Gasteiger partial charge < -0.3 is 0 Å². The Morgan fingerprint density at radius 3 is 1.43 bits per heavy atom. The van der Waals surface area contributed by atoms with Crippen LogP contribution < -0.4 is 0 Å². The van der Waals surface area contributed by atoms with Gasteiger partial charge in [-0.2, -0.15) is 0 Å². The molecule has 86 valence electrons. The van der Waals surface area contributed by atoms with Gasteiger partial charge in [-0.05, 0) is 48.1 Å². The maximum absolute atomic E-state index is 2.53. The molecular weight excluding hydrogens is 172 g/mol. The first-order chi connectivity index (χ1) is 6.40. The summed E-state index contributed by atoms with van der Waals surface area (Å²) in [7, 11) is 0. The van der Waals surface area contributed by atoms with Crippen molar-refractivity contribution in [2.24, 2.45) is 0 Å². The lowest BCUT2D eigenvalue weighted by atomic mass is 10.2. The molecule has 2 nitrogen and oxygen atoms in total. The zero-order valence-corrected chi connectivity index (χ0v) is 11.0. The highest BCUT2D eigenvalue weighted by molar-refractivity contribution is 4.69. The van der Waals surface area contributed by atoms with Crippen molar-refractivity contribution in [2.75, 3.05) is 13.2 Å². The van der Waals surface area contributed by atoms with Crippen molar-refractivity contribution in [3.8, 4) is 0 Å². The zero-order chi connectivity index (χ0) is 11.3. The molecule has 0 aromatic rings. The summed E-state index contributed by atoms with van der Waals surface area (Å²) in [5.41, 5.74) is 0. The van der Waals surface area contributed by atoms with Gasteiger partial charge in [0.05, 0.1) is 6.67 Å². The molecule has 0 heterocycles. The minimum Gasteiger partial charge on any atom is -0.288 e. The molecule has 0 saturated carbocycles. The summed E-state index contributed by atoms with van der Waals surface area (Å²) >= 11 is 0. The van der Waals surface area contributed by atoms with Crippen LogP contribution in [0, 0.1) is 0 Å². The van der Waals surface area contributed by atoms with Crippen molar-refractivity contribution in [2.45, 2.75) is 66.6 Å². The van der Waals surface area contributed by atoms with E-state index in [-0.39, 0.29) is 0 Å². The lowest BCUT2D eigenvalue weighted by Crippen LogP contribution is -2.47. The number of rotatable bonds is 6. The first kappa shape index (κ1) is 13.9. The van der Waals surface area contributed by atoms with Crippen LogP contribution in [0.1, 0.15) is 48.5 Å². The molecule has 0 aliphatic carbocycles. The highest BCUT2D eigenvalue weighted by Gasteiger charge is 2.17. The topological polar surface area (TPSA) is 6.48 Å². The summed E-state index contributed by atoms with van der Waals surface area (Å²) < 4.78 is 0. The molecular formula is C12H28N2. The molecule has 0 rings (SSSR count). The highest BCUT2D eigenvalue weighted by Crippen LogP contribution is 2.08. The fraction of sp³-hybridized carbons (Fsp3) is 1.00. The first-order valence-corrected chi connectivity index (χ1v) is 5.89. The fourth-order valence-electron chi connectivity index (χ4n) is 1.76. The van der Waals surface area contributed by atoms with Crippen molar-refractivity contribution in [3.05, 3.63) is 0 Å². The van der Waals surface area contributed by atoms with Crippen molar-refractivity contribution >= 4 is 0 Å². The summed E-state index contributed by atoms with van der Waals surface area (Å²) in [5, 5.41) is 0. The van der Waals surface area contributed by atoms with E-state index in [4.69, 9.17) is 0 Å². The van der Waals surface area contributed by atoms with Gasteiger partial charge in [0.2, 0.25) is 0 Å². The van der Waals surface area contributed by atoms with Gasteiger partial charge in [0, 0.05) is 18.1 Å². The van der Waals surface area contributed by atoms with Crippen molar-refractivity contribution < 1.29 is 0 Å². The summed E-state index contributed by atoms with van der Waals surface area (Å²) in [6.45, 7) is 18.1. The summed E-state index contributed by atoms with van der Waals surface area (Å²) in [4.78, 5) is 5.03. The minimum absolute atomic E-state index is 0.628. The fourth-order valence-corrected chi connectivity index (χ4v) is 1.76. The maximum atomic E-state index is 2.53. The third kappa shape index (κ3) is 4.43. The van der Waals surface area contributed by atoms with Crippen LogP contribution in [-0.2, 0) is 0 Å². The number of hydrogen-bond acceptors (Lipinski definition) is 2. The Kier molecular flexibility index (Phi) is 6.38. The molecule has 0 bridgehead atoms. The molecule has 0 saturated heterocycles. The molecule has 0 aliphatic rings. The lowest BCUT2D eigenvalue weighted by molar-refractivity contribution is 0.0634. The van der Waals surface area contributed by atoms with Crippen LogP contribution in [0.4, 0.5) is 0 Å². The summed E-state index contributed by atoms with van der Waals surface area (Å²) in [5.74, 6) is 0. The smallest absolute Gasteiger partial charge is 0.0513 e. The molecule has 0 aromatic carbocycles. The van der Waals surface area contributed by atoms with Crippen LogP contribution in [0.5, 0.6) is 0 Å². The van der Waals surface area contributed by atoms with Gasteiger partial charge in [-0.1, -0.05) is 6.92 Å². The van der Waals surface area contributed by atoms with Crippen molar-refractivity contribution in [3.63, 3.8) is 0 Å². The Balaban J connectivity index is 4.26. The van der Waals surface area contributed by atoms with Gasteiger partial charge in [0.1, 0.15) is 0 Å². The molecule has 0 fully saturated rings. The van der Waals surface area contributed by atoms with Crippen molar-refractivity contribution in [1.82, 2.24) is 9.80 Å². The van der Waals surface area contributed by atoms with E-state index in [1.165, 1.54) is 0 Å². The van der Waals surface area contributed by atoms with Gasteiger partial charge in [-0.25, -0.2) is 0 Å². The second-order valence-electron chi connectivity index (χ2n) is 4.84. The molecule has 14 heavy (non-hydrogen) atoms.